The number of piperidine rings is 1. The molecule has 2 saturated heterocycles. The van der Waals surface area contributed by atoms with Crippen LogP contribution in [0.25, 0.3) is 0 Å². The van der Waals surface area contributed by atoms with Gasteiger partial charge in [-0.1, -0.05) is 18.6 Å². The third-order valence-electron chi connectivity index (χ3n) is 10.3. The van der Waals surface area contributed by atoms with Crippen molar-refractivity contribution in [2.75, 3.05) is 44.7 Å². The van der Waals surface area contributed by atoms with Crippen molar-refractivity contribution in [1.82, 2.24) is 15.5 Å². The first-order valence-corrected chi connectivity index (χ1v) is 15.2. The van der Waals surface area contributed by atoms with Crippen molar-refractivity contribution in [3.8, 4) is 12.1 Å². The van der Waals surface area contributed by atoms with Crippen molar-refractivity contribution in [3.05, 3.63) is 64.5 Å². The number of nitrogens with zero attached hydrogens (tertiary/aromatic N) is 4. The second kappa shape index (κ2) is 11.9. The number of halogens is 1. The van der Waals surface area contributed by atoms with E-state index < -0.39 is 11.5 Å². The van der Waals surface area contributed by atoms with Gasteiger partial charge in [0, 0.05) is 56.3 Å². The number of nitrogens with one attached hydrogen (secondary N) is 2. The largest absolute Gasteiger partial charge is 0.453 e. The number of fused-ring (bicyclic) bond motifs is 1. The Kier molecular flexibility index (Phi) is 8.07. The van der Waals surface area contributed by atoms with Crippen LogP contribution in [-0.4, -0.2) is 56.9 Å². The lowest BCUT2D eigenvalue weighted by Crippen LogP contribution is -2.55. The Morgan fingerprint density at radius 1 is 1.12 bits per heavy atom. The highest BCUT2D eigenvalue weighted by atomic mass is 19.1. The lowest BCUT2D eigenvalue weighted by molar-refractivity contribution is 0.0938. The number of carbonyl (C=O) groups excluding carboxylic acids is 1. The SMILES string of the molecule is COC(=O)N[C@H]1CCC[C@@H]1[C@](C#N)(c1cccc(F)c1)C1CCN(CC2CN(c3ccc(C#N)c4c3CNC4)C2)CC1. The number of hydrogen-bond donors (Lipinski definition) is 2. The Balaban J connectivity index is 1.13. The van der Waals surface area contributed by atoms with E-state index in [1.54, 1.807) is 6.07 Å². The number of anilines is 1. The standard InChI is InChI=1S/C33H39FN6O2/c1-42-32(41)38-30-7-3-6-29(30)33(21-36,25-4-2-5-26(34)14-25)24-10-12-39(13-11-24)18-22-19-40(20-22)31-9-8-23(15-35)27-16-37-17-28(27)31/h2,4-5,8-9,14,22,24,29-30,37H,3,6-7,10-13,16-20H2,1H3,(H,38,41)/t29-,30-,33-/m0/s1. The number of rotatable bonds is 7. The zero-order valence-electron chi connectivity index (χ0n) is 24.2. The summed E-state index contributed by atoms with van der Waals surface area (Å²) >= 11 is 0. The van der Waals surface area contributed by atoms with Gasteiger partial charge in [-0.3, -0.25) is 0 Å². The molecule has 1 aliphatic carbocycles. The number of benzene rings is 2. The quantitative estimate of drug-likeness (QED) is 0.507. The number of amides is 1. The Morgan fingerprint density at radius 3 is 2.62 bits per heavy atom. The van der Waals surface area contributed by atoms with Crippen molar-refractivity contribution in [1.29, 1.82) is 10.5 Å². The molecule has 8 nitrogen and oxygen atoms in total. The summed E-state index contributed by atoms with van der Waals surface area (Å²) in [5, 5.41) is 26.7. The van der Waals surface area contributed by atoms with Crippen LogP contribution < -0.4 is 15.5 Å². The summed E-state index contributed by atoms with van der Waals surface area (Å²) in [5.74, 6) is 0.203. The zero-order chi connectivity index (χ0) is 29.3. The van der Waals surface area contributed by atoms with Gasteiger partial charge in [0.2, 0.25) is 0 Å². The molecule has 6 rings (SSSR count). The van der Waals surface area contributed by atoms with Crippen LogP contribution in [0.15, 0.2) is 36.4 Å². The summed E-state index contributed by atoms with van der Waals surface area (Å²) in [6.45, 7) is 6.42. The molecule has 4 aliphatic rings. The number of nitriles is 2. The summed E-state index contributed by atoms with van der Waals surface area (Å²) in [4.78, 5) is 17.1. The monoisotopic (exact) mass is 570 g/mol. The fourth-order valence-electron chi connectivity index (χ4n) is 8.24. The predicted octanol–water partition coefficient (Wildman–Crippen LogP) is 4.44. The number of hydrogen-bond acceptors (Lipinski definition) is 7. The zero-order valence-corrected chi connectivity index (χ0v) is 24.2. The molecule has 42 heavy (non-hydrogen) atoms. The highest BCUT2D eigenvalue weighted by Crippen LogP contribution is 2.50. The van der Waals surface area contributed by atoms with Gasteiger partial charge in [-0.15, -0.1) is 0 Å². The first kappa shape index (κ1) is 28.5. The molecule has 3 heterocycles. The molecule has 0 unspecified atom stereocenters. The molecule has 0 bridgehead atoms. The normalized spacial score (nSPS) is 24.2. The van der Waals surface area contributed by atoms with E-state index in [0.717, 1.165) is 94.6 Å². The van der Waals surface area contributed by atoms with Gasteiger partial charge in [-0.25, -0.2) is 9.18 Å². The molecule has 1 saturated carbocycles. The van der Waals surface area contributed by atoms with E-state index in [4.69, 9.17) is 4.74 Å². The fourth-order valence-corrected chi connectivity index (χ4v) is 8.24. The van der Waals surface area contributed by atoms with Gasteiger partial charge in [0.05, 0.1) is 30.2 Å². The summed E-state index contributed by atoms with van der Waals surface area (Å²) < 4.78 is 19.4. The van der Waals surface area contributed by atoms with Gasteiger partial charge >= 0.3 is 6.09 Å². The van der Waals surface area contributed by atoms with E-state index >= 15 is 0 Å². The first-order chi connectivity index (χ1) is 20.5. The van der Waals surface area contributed by atoms with Gasteiger partial charge < -0.3 is 25.2 Å². The molecule has 2 aromatic rings. The minimum Gasteiger partial charge on any atom is -0.453 e. The van der Waals surface area contributed by atoms with Gasteiger partial charge in [0.1, 0.15) is 5.82 Å². The van der Waals surface area contributed by atoms with E-state index in [1.165, 1.54) is 30.5 Å². The highest BCUT2D eigenvalue weighted by molar-refractivity contribution is 5.67. The molecule has 3 fully saturated rings. The van der Waals surface area contributed by atoms with Crippen LogP contribution in [0.5, 0.6) is 0 Å². The molecule has 2 N–H and O–H groups in total. The number of alkyl carbamates (subject to hydrolysis) is 1. The van der Waals surface area contributed by atoms with Gasteiger partial charge in [-0.2, -0.15) is 10.5 Å². The molecule has 1 amide bonds. The van der Waals surface area contributed by atoms with E-state index in [-0.39, 0.29) is 23.7 Å². The average Bonchev–Trinajstić information content (AvgIpc) is 3.67. The molecular weight excluding hydrogens is 531 g/mol. The lowest BCUT2D eigenvalue weighted by atomic mass is 9.59. The molecule has 0 aromatic heterocycles. The molecule has 3 aliphatic heterocycles. The third-order valence-corrected chi connectivity index (χ3v) is 10.3. The number of ether oxygens (including phenoxy) is 1. The highest BCUT2D eigenvalue weighted by Gasteiger charge is 2.52. The maximum atomic E-state index is 14.5. The molecule has 0 radical (unpaired) electrons. The Labute approximate surface area is 247 Å². The molecule has 2 aromatic carbocycles. The van der Waals surface area contributed by atoms with Crippen molar-refractivity contribution in [2.45, 2.75) is 56.7 Å². The van der Waals surface area contributed by atoms with Crippen LogP contribution in [0.4, 0.5) is 14.9 Å². The molecule has 9 heteroatoms. The van der Waals surface area contributed by atoms with Gasteiger partial charge in [0.15, 0.2) is 0 Å². The minimum atomic E-state index is -0.881. The number of carbonyl (C=O) groups is 1. The average molecular weight is 571 g/mol. The Bertz CT molecular complexity index is 1400. The number of likely N-dealkylation sites (tertiary alicyclic amines) is 1. The second-order valence-electron chi connectivity index (χ2n) is 12.4. The Morgan fingerprint density at radius 2 is 1.90 bits per heavy atom. The summed E-state index contributed by atoms with van der Waals surface area (Å²) in [7, 11) is 1.36. The molecule has 220 valence electrons. The van der Waals surface area contributed by atoms with E-state index in [0.29, 0.717) is 5.92 Å². The van der Waals surface area contributed by atoms with Crippen LogP contribution in [0, 0.1) is 46.2 Å². The van der Waals surface area contributed by atoms with Crippen molar-refractivity contribution >= 4 is 11.8 Å². The smallest absolute Gasteiger partial charge is 0.407 e. The molecular formula is C33H39FN6O2. The maximum absolute atomic E-state index is 14.5. The van der Waals surface area contributed by atoms with E-state index in [9.17, 15) is 19.7 Å². The van der Waals surface area contributed by atoms with E-state index in [1.807, 2.05) is 12.1 Å². The van der Waals surface area contributed by atoms with Crippen LogP contribution in [-0.2, 0) is 23.2 Å². The second-order valence-corrected chi connectivity index (χ2v) is 12.4. The van der Waals surface area contributed by atoms with Gasteiger partial charge in [-0.05, 0) is 85.6 Å². The summed E-state index contributed by atoms with van der Waals surface area (Å²) in [5.41, 5.74) is 4.29. The van der Waals surface area contributed by atoms with Crippen molar-refractivity contribution < 1.29 is 13.9 Å². The van der Waals surface area contributed by atoms with E-state index in [2.05, 4.69) is 38.6 Å². The van der Waals surface area contributed by atoms with Crippen LogP contribution in [0.2, 0.25) is 0 Å². The van der Waals surface area contributed by atoms with Crippen molar-refractivity contribution in [2.24, 2.45) is 17.8 Å². The van der Waals surface area contributed by atoms with Crippen LogP contribution in [0.1, 0.15) is 54.4 Å². The Hall–Kier alpha value is -3.66. The fraction of sp³-hybridized carbons (Fsp3) is 0.545. The maximum Gasteiger partial charge on any atom is 0.407 e. The van der Waals surface area contributed by atoms with Crippen LogP contribution in [0.3, 0.4) is 0 Å². The third kappa shape index (κ3) is 5.10. The first-order valence-electron chi connectivity index (χ1n) is 15.2. The van der Waals surface area contributed by atoms with Crippen LogP contribution >= 0.6 is 0 Å². The molecule has 0 spiro atoms. The lowest BCUT2D eigenvalue weighted by Gasteiger charge is -2.48. The minimum absolute atomic E-state index is 0.0669. The summed E-state index contributed by atoms with van der Waals surface area (Å²) in [6.07, 6.45) is 3.74. The summed E-state index contributed by atoms with van der Waals surface area (Å²) in [6, 6.07) is 15.5. The van der Waals surface area contributed by atoms with Crippen molar-refractivity contribution in [3.63, 3.8) is 0 Å². The predicted molar refractivity (Wildman–Crippen MR) is 157 cm³/mol. The number of methoxy groups -OCH3 is 1. The van der Waals surface area contributed by atoms with Gasteiger partial charge in [0.25, 0.3) is 0 Å². The molecule has 3 atom stereocenters. The topological polar surface area (TPSA) is 104 Å².